The first kappa shape index (κ1) is 7.43. The van der Waals surface area contributed by atoms with Crippen LogP contribution in [0.2, 0.25) is 0 Å². The maximum atomic E-state index is 5.49. The lowest BCUT2D eigenvalue weighted by molar-refractivity contribution is 0.340. The van der Waals surface area contributed by atoms with Crippen LogP contribution in [-0.4, -0.2) is 20.6 Å². The van der Waals surface area contributed by atoms with Gasteiger partial charge in [-0.25, -0.2) is 9.97 Å². The minimum absolute atomic E-state index is 0.0265. The van der Waals surface area contributed by atoms with Crippen molar-refractivity contribution in [3.63, 3.8) is 0 Å². The maximum Gasteiger partial charge on any atom is 0.164 e. The van der Waals surface area contributed by atoms with E-state index in [9.17, 15) is 0 Å². The van der Waals surface area contributed by atoms with Crippen molar-refractivity contribution in [2.24, 2.45) is 0 Å². The van der Waals surface area contributed by atoms with Crippen molar-refractivity contribution in [2.75, 3.05) is 6.61 Å². The van der Waals surface area contributed by atoms with Crippen LogP contribution in [0.3, 0.4) is 0 Å². The van der Waals surface area contributed by atoms with Crippen LogP contribution in [-0.2, 0) is 0 Å². The van der Waals surface area contributed by atoms with Gasteiger partial charge in [-0.2, -0.15) is 0 Å². The van der Waals surface area contributed by atoms with Gasteiger partial charge in [-0.3, -0.25) is 0 Å². The molecule has 0 spiro atoms. The van der Waals surface area contributed by atoms with Gasteiger partial charge in [0, 0.05) is 5.57 Å². The second-order valence-electron chi connectivity index (χ2n) is 2.73. The fourth-order valence-corrected chi connectivity index (χ4v) is 3.30. The number of fused-ring (bicyclic) bond motifs is 2. The molecule has 4 nitrogen and oxygen atoms in total. The molecule has 0 aromatic carbocycles. The summed E-state index contributed by atoms with van der Waals surface area (Å²) in [5.74, 6) is 0.796. The molecular formula is C8H6IN3O. The fourth-order valence-electron chi connectivity index (χ4n) is 1.34. The Balaban J connectivity index is 2.23. The number of rotatable bonds is 0. The molecule has 3 rings (SSSR count). The third-order valence-electron chi connectivity index (χ3n) is 1.96. The van der Waals surface area contributed by atoms with Crippen molar-refractivity contribution in [3.8, 4) is 5.75 Å². The first-order valence-electron chi connectivity index (χ1n) is 3.83. The first-order valence-corrected chi connectivity index (χ1v) is 6.15. The van der Waals surface area contributed by atoms with Crippen LogP contribution in [0, 0.1) is 0 Å². The van der Waals surface area contributed by atoms with Crippen LogP contribution in [0.1, 0.15) is 5.69 Å². The van der Waals surface area contributed by atoms with Crippen LogP contribution in [0.4, 0.5) is 0 Å². The zero-order chi connectivity index (χ0) is 8.67. The molecule has 0 bridgehead atoms. The zero-order valence-electron chi connectivity index (χ0n) is 6.62. The molecule has 66 valence electrons. The van der Waals surface area contributed by atoms with Crippen LogP contribution < -0.4 is 8.27 Å². The van der Waals surface area contributed by atoms with Gasteiger partial charge in [0.25, 0.3) is 0 Å². The van der Waals surface area contributed by atoms with E-state index in [0.29, 0.717) is 6.61 Å². The van der Waals surface area contributed by atoms with Crippen molar-refractivity contribution in [1.82, 2.24) is 13.5 Å². The number of nitrogens with zero attached hydrogens (tertiary/aromatic N) is 2. The van der Waals surface area contributed by atoms with E-state index in [2.05, 4.69) is 17.5 Å². The molecule has 0 fully saturated rings. The zero-order valence-corrected chi connectivity index (χ0v) is 8.78. The quantitative estimate of drug-likeness (QED) is 0.568. The third kappa shape index (κ3) is 1.06. The molecule has 0 aliphatic carbocycles. The fraction of sp³-hybridized carbons (Fsp3) is 0.125. The summed E-state index contributed by atoms with van der Waals surface area (Å²) >= 11 is -0.0265. The summed E-state index contributed by atoms with van der Waals surface area (Å²) in [5, 5.41) is 0. The summed E-state index contributed by atoms with van der Waals surface area (Å²) in [6.07, 6.45) is 3.28. The SMILES string of the molecule is C1=INC2=C1c1ncncc1OC2. The Labute approximate surface area is 85.1 Å². The molecule has 2 aliphatic heterocycles. The summed E-state index contributed by atoms with van der Waals surface area (Å²) in [6, 6.07) is 0. The van der Waals surface area contributed by atoms with Crippen molar-refractivity contribution in [2.45, 2.75) is 0 Å². The van der Waals surface area contributed by atoms with Crippen LogP contribution in [0.5, 0.6) is 5.75 Å². The normalized spacial score (nSPS) is 18.2. The molecule has 0 radical (unpaired) electrons. The number of ether oxygens (including phenoxy) is 1. The summed E-state index contributed by atoms with van der Waals surface area (Å²) in [5.41, 5.74) is 3.33. The van der Waals surface area contributed by atoms with E-state index in [4.69, 9.17) is 4.74 Å². The van der Waals surface area contributed by atoms with Crippen molar-refractivity contribution in [3.05, 3.63) is 23.9 Å². The minimum atomic E-state index is -0.0265. The summed E-state index contributed by atoms with van der Waals surface area (Å²) in [6.45, 7) is 0.631. The molecule has 3 heterocycles. The Morgan fingerprint density at radius 3 is 3.54 bits per heavy atom. The predicted molar refractivity (Wildman–Crippen MR) is 57.7 cm³/mol. The molecule has 1 aromatic heterocycles. The van der Waals surface area contributed by atoms with Gasteiger partial charge in [-0.05, 0) is 25.0 Å². The molecule has 0 saturated heterocycles. The van der Waals surface area contributed by atoms with Crippen molar-refractivity contribution >= 4 is 30.6 Å². The van der Waals surface area contributed by atoms with E-state index < -0.39 is 0 Å². The molecule has 0 atom stereocenters. The molecule has 0 amide bonds. The molecule has 0 saturated carbocycles. The Kier molecular flexibility index (Phi) is 1.58. The summed E-state index contributed by atoms with van der Waals surface area (Å²) < 4.78 is 11.1. The number of allylic oxidation sites excluding steroid dienone is 1. The van der Waals surface area contributed by atoms with Crippen LogP contribution >= 0.6 is 21.0 Å². The summed E-state index contributed by atoms with van der Waals surface area (Å²) in [4.78, 5) is 8.14. The average molecular weight is 287 g/mol. The van der Waals surface area contributed by atoms with E-state index in [1.807, 2.05) is 0 Å². The average Bonchev–Trinajstić information content (AvgIpc) is 2.65. The number of halogens is 1. The molecule has 0 unspecified atom stereocenters. The number of nitrogens with one attached hydrogen (secondary N) is 1. The van der Waals surface area contributed by atoms with E-state index in [1.165, 1.54) is 11.3 Å². The minimum Gasteiger partial charge on any atom is -0.483 e. The Bertz CT molecular complexity index is 427. The van der Waals surface area contributed by atoms with Gasteiger partial charge in [0.2, 0.25) is 0 Å². The Hall–Kier alpha value is -0.980. The standard InChI is InChI=1S/C8H6IN3O/c1-5-6(12-9-1)3-13-7-2-10-4-11-8(5)7/h1-2,4,12H,3H2. The van der Waals surface area contributed by atoms with Crippen LogP contribution in [0.15, 0.2) is 18.2 Å². The highest BCUT2D eigenvalue weighted by Gasteiger charge is 2.22. The molecular weight excluding hydrogens is 281 g/mol. The molecule has 5 heteroatoms. The third-order valence-corrected chi connectivity index (χ3v) is 3.86. The van der Waals surface area contributed by atoms with Crippen LogP contribution in [0.25, 0.3) is 5.57 Å². The number of hydrogen-bond donors (Lipinski definition) is 1. The number of aromatic nitrogens is 2. The number of hydrogen-bond acceptors (Lipinski definition) is 4. The van der Waals surface area contributed by atoms with Gasteiger partial charge in [-0.15, -0.1) is 0 Å². The highest BCUT2D eigenvalue weighted by atomic mass is 127. The van der Waals surface area contributed by atoms with E-state index in [1.54, 1.807) is 12.5 Å². The molecule has 1 N–H and O–H groups in total. The van der Waals surface area contributed by atoms with Gasteiger partial charge < -0.3 is 8.27 Å². The van der Waals surface area contributed by atoms with Gasteiger partial charge in [-0.1, -0.05) is 0 Å². The molecule has 1 aromatic rings. The lowest BCUT2D eigenvalue weighted by atomic mass is 10.1. The second-order valence-corrected chi connectivity index (χ2v) is 4.51. The van der Waals surface area contributed by atoms with Crippen molar-refractivity contribution in [1.29, 1.82) is 0 Å². The van der Waals surface area contributed by atoms with E-state index in [0.717, 1.165) is 11.4 Å². The first-order chi connectivity index (χ1) is 6.45. The monoisotopic (exact) mass is 287 g/mol. The lowest BCUT2D eigenvalue weighted by Crippen LogP contribution is -2.16. The lowest BCUT2D eigenvalue weighted by Gasteiger charge is -2.16. The second kappa shape index (κ2) is 2.76. The van der Waals surface area contributed by atoms with Gasteiger partial charge >= 0.3 is 0 Å². The Morgan fingerprint density at radius 2 is 2.54 bits per heavy atom. The van der Waals surface area contributed by atoms with E-state index in [-0.39, 0.29) is 21.0 Å². The highest BCUT2D eigenvalue weighted by Crippen LogP contribution is 2.32. The maximum absolute atomic E-state index is 5.49. The highest BCUT2D eigenvalue weighted by molar-refractivity contribution is 14.2. The Morgan fingerprint density at radius 1 is 1.54 bits per heavy atom. The smallest absolute Gasteiger partial charge is 0.164 e. The van der Waals surface area contributed by atoms with Gasteiger partial charge in [0.05, 0.1) is 11.9 Å². The predicted octanol–water partition coefficient (Wildman–Crippen LogP) is 0.871. The van der Waals surface area contributed by atoms with Gasteiger partial charge in [0.1, 0.15) is 18.6 Å². The van der Waals surface area contributed by atoms with Gasteiger partial charge in [0.15, 0.2) is 5.75 Å². The summed E-state index contributed by atoms with van der Waals surface area (Å²) in [7, 11) is 0. The van der Waals surface area contributed by atoms with E-state index >= 15 is 0 Å². The molecule has 13 heavy (non-hydrogen) atoms. The van der Waals surface area contributed by atoms with Crippen molar-refractivity contribution < 1.29 is 4.74 Å². The largest absolute Gasteiger partial charge is 0.483 e. The topological polar surface area (TPSA) is 47.0 Å². The molecule has 2 aliphatic rings.